The van der Waals surface area contributed by atoms with Gasteiger partial charge in [-0.15, -0.1) is 24.0 Å². The van der Waals surface area contributed by atoms with Gasteiger partial charge in [0.15, 0.2) is 5.96 Å². The number of aryl methyl sites for hydroxylation is 1. The Morgan fingerprint density at radius 2 is 2.20 bits per heavy atom. The maximum atomic E-state index is 5.92. The van der Waals surface area contributed by atoms with Gasteiger partial charge in [0.2, 0.25) is 0 Å². The Bertz CT molecular complexity index is 541. The molecule has 2 aliphatic rings. The van der Waals surface area contributed by atoms with E-state index in [4.69, 9.17) is 4.74 Å². The van der Waals surface area contributed by atoms with Crippen molar-refractivity contribution in [1.29, 1.82) is 0 Å². The zero-order valence-corrected chi connectivity index (χ0v) is 17.8. The van der Waals surface area contributed by atoms with Crippen molar-refractivity contribution in [3.8, 4) is 0 Å². The number of aromatic nitrogens is 2. The van der Waals surface area contributed by atoms with Crippen LogP contribution in [0, 0.1) is 5.92 Å². The van der Waals surface area contributed by atoms with E-state index in [1.165, 1.54) is 38.5 Å². The molecule has 0 aromatic carbocycles. The van der Waals surface area contributed by atoms with E-state index in [1.807, 2.05) is 31.2 Å². The summed E-state index contributed by atoms with van der Waals surface area (Å²) < 4.78 is 7.74. The molecule has 0 bridgehead atoms. The summed E-state index contributed by atoms with van der Waals surface area (Å²) in [5.41, 5.74) is 1.14. The van der Waals surface area contributed by atoms with Crippen LogP contribution in [-0.2, 0) is 11.8 Å². The monoisotopic (exact) mass is 461 g/mol. The van der Waals surface area contributed by atoms with Crippen molar-refractivity contribution >= 4 is 29.9 Å². The Labute approximate surface area is 168 Å². The fraction of sp³-hybridized carbons (Fsp3) is 0.778. The normalized spacial score (nSPS) is 22.1. The number of hydrogen-bond donors (Lipinski definition) is 1. The highest BCUT2D eigenvalue weighted by molar-refractivity contribution is 14.0. The Balaban J connectivity index is 0.00000225. The van der Waals surface area contributed by atoms with Crippen LogP contribution in [0.4, 0.5) is 0 Å². The minimum Gasteiger partial charge on any atom is -0.370 e. The average molecular weight is 461 g/mol. The highest BCUT2D eigenvalue weighted by Gasteiger charge is 2.25. The second kappa shape index (κ2) is 10.4. The van der Waals surface area contributed by atoms with Crippen molar-refractivity contribution < 1.29 is 4.74 Å². The average Bonchev–Trinajstić information content (AvgIpc) is 3.27. The molecule has 1 aliphatic heterocycles. The molecule has 0 amide bonds. The van der Waals surface area contributed by atoms with Crippen molar-refractivity contribution in [2.24, 2.45) is 18.0 Å². The molecule has 1 atom stereocenters. The first-order valence-electron chi connectivity index (χ1n) is 9.32. The molecule has 0 spiro atoms. The third kappa shape index (κ3) is 5.84. The minimum absolute atomic E-state index is 0. The number of nitrogens with zero attached hydrogens (tertiary/aromatic N) is 4. The molecular weight excluding hydrogens is 429 g/mol. The van der Waals surface area contributed by atoms with Gasteiger partial charge >= 0.3 is 0 Å². The predicted molar refractivity (Wildman–Crippen MR) is 111 cm³/mol. The zero-order chi connectivity index (χ0) is 16.8. The molecule has 7 heteroatoms. The summed E-state index contributed by atoms with van der Waals surface area (Å²) in [6, 6.07) is 0. The Hall–Kier alpha value is -0.830. The quantitative estimate of drug-likeness (QED) is 0.317. The van der Waals surface area contributed by atoms with Crippen LogP contribution in [0.2, 0.25) is 0 Å². The van der Waals surface area contributed by atoms with Crippen LogP contribution >= 0.6 is 24.0 Å². The molecule has 6 nitrogen and oxygen atoms in total. The second-order valence-corrected chi connectivity index (χ2v) is 7.02. The fourth-order valence-electron chi connectivity index (χ4n) is 3.87. The molecule has 1 N–H and O–H groups in total. The van der Waals surface area contributed by atoms with Crippen LogP contribution in [0.3, 0.4) is 0 Å². The lowest BCUT2D eigenvalue weighted by molar-refractivity contribution is -0.00802. The molecule has 0 radical (unpaired) electrons. The molecule has 1 unspecified atom stereocenters. The van der Waals surface area contributed by atoms with E-state index in [9.17, 15) is 0 Å². The van der Waals surface area contributed by atoms with Gasteiger partial charge in [-0.05, 0) is 18.8 Å². The number of aliphatic imine (C=N–C) groups is 1. The first kappa shape index (κ1) is 20.5. The van der Waals surface area contributed by atoms with Crippen LogP contribution in [0.25, 0.3) is 0 Å². The second-order valence-electron chi connectivity index (χ2n) is 7.02. The maximum Gasteiger partial charge on any atom is 0.193 e. The topological polar surface area (TPSA) is 54.7 Å². The summed E-state index contributed by atoms with van der Waals surface area (Å²) in [6.45, 7) is 3.45. The Kier molecular flexibility index (Phi) is 8.48. The van der Waals surface area contributed by atoms with Gasteiger partial charge in [-0.3, -0.25) is 9.67 Å². The summed E-state index contributed by atoms with van der Waals surface area (Å²) in [4.78, 5) is 6.77. The maximum absolute atomic E-state index is 5.92. The molecule has 25 heavy (non-hydrogen) atoms. The number of rotatable bonds is 5. The summed E-state index contributed by atoms with van der Waals surface area (Å²) in [6.07, 6.45) is 12.3. The van der Waals surface area contributed by atoms with E-state index in [1.54, 1.807) is 0 Å². The zero-order valence-electron chi connectivity index (χ0n) is 15.5. The molecule has 1 aromatic heterocycles. The van der Waals surface area contributed by atoms with Gasteiger partial charge in [0, 0.05) is 38.9 Å². The number of hydrogen-bond acceptors (Lipinski definition) is 3. The lowest BCUT2D eigenvalue weighted by Gasteiger charge is -2.34. The van der Waals surface area contributed by atoms with Crippen molar-refractivity contribution in [3.05, 3.63) is 18.0 Å². The number of morpholine rings is 1. The molecule has 2 heterocycles. The molecule has 3 rings (SSSR count). The highest BCUT2D eigenvalue weighted by atomic mass is 127. The predicted octanol–water partition coefficient (Wildman–Crippen LogP) is 2.96. The van der Waals surface area contributed by atoms with Crippen LogP contribution in [-0.4, -0.2) is 53.9 Å². The minimum atomic E-state index is 0. The fourth-order valence-corrected chi connectivity index (χ4v) is 3.87. The SMILES string of the molecule is CN=C(NCCCC1CCCC1)N1CCOC(c2cnn(C)c2)C1.I. The van der Waals surface area contributed by atoms with Crippen LogP contribution < -0.4 is 5.32 Å². The number of nitrogens with one attached hydrogen (secondary N) is 1. The van der Waals surface area contributed by atoms with E-state index in [-0.39, 0.29) is 30.1 Å². The van der Waals surface area contributed by atoms with E-state index >= 15 is 0 Å². The van der Waals surface area contributed by atoms with Crippen molar-refractivity contribution in [2.45, 2.75) is 44.6 Å². The van der Waals surface area contributed by atoms with Crippen molar-refractivity contribution in [3.63, 3.8) is 0 Å². The van der Waals surface area contributed by atoms with Gasteiger partial charge in [0.1, 0.15) is 6.10 Å². The van der Waals surface area contributed by atoms with Gasteiger partial charge in [-0.25, -0.2) is 0 Å². The summed E-state index contributed by atoms with van der Waals surface area (Å²) in [5, 5.41) is 7.79. The van der Waals surface area contributed by atoms with Crippen molar-refractivity contribution in [1.82, 2.24) is 20.0 Å². The van der Waals surface area contributed by atoms with Crippen LogP contribution in [0.15, 0.2) is 17.4 Å². The third-order valence-corrected chi connectivity index (χ3v) is 5.22. The van der Waals surface area contributed by atoms with Gasteiger partial charge in [0.05, 0.1) is 19.3 Å². The van der Waals surface area contributed by atoms with Gasteiger partial charge in [-0.2, -0.15) is 5.10 Å². The van der Waals surface area contributed by atoms with Crippen molar-refractivity contribution in [2.75, 3.05) is 33.3 Å². The number of ether oxygens (including phenoxy) is 1. The number of halogens is 1. The van der Waals surface area contributed by atoms with Gasteiger partial charge in [0.25, 0.3) is 0 Å². The lowest BCUT2D eigenvalue weighted by atomic mass is 10.0. The number of guanidine groups is 1. The first-order valence-corrected chi connectivity index (χ1v) is 9.32. The van der Waals surface area contributed by atoms with Gasteiger partial charge in [-0.1, -0.05) is 25.7 Å². The highest BCUT2D eigenvalue weighted by Crippen LogP contribution is 2.28. The molecule has 142 valence electrons. The molecule has 1 saturated heterocycles. The standard InChI is InChI=1S/C18H31N5O.HI/c1-19-18(20-9-5-8-15-6-3-4-7-15)23-10-11-24-17(14-23)16-12-21-22(2)13-16;/h12-13,15,17H,3-11,14H2,1-2H3,(H,19,20);1H. The summed E-state index contributed by atoms with van der Waals surface area (Å²) in [5.74, 6) is 1.96. The molecule has 1 saturated carbocycles. The molecule has 1 aliphatic carbocycles. The van der Waals surface area contributed by atoms with E-state index in [0.29, 0.717) is 0 Å². The lowest BCUT2D eigenvalue weighted by Crippen LogP contribution is -2.48. The van der Waals surface area contributed by atoms with E-state index < -0.39 is 0 Å². The smallest absolute Gasteiger partial charge is 0.193 e. The molecular formula is C18H32IN5O. The van der Waals surface area contributed by atoms with Crippen LogP contribution in [0.1, 0.15) is 50.2 Å². The third-order valence-electron chi connectivity index (χ3n) is 5.22. The Morgan fingerprint density at radius 1 is 1.40 bits per heavy atom. The first-order chi connectivity index (χ1) is 11.8. The van der Waals surface area contributed by atoms with E-state index in [2.05, 4.69) is 20.3 Å². The van der Waals surface area contributed by atoms with E-state index in [0.717, 1.165) is 43.7 Å². The summed E-state index contributed by atoms with van der Waals surface area (Å²) in [7, 11) is 3.81. The summed E-state index contributed by atoms with van der Waals surface area (Å²) >= 11 is 0. The molecule has 1 aromatic rings. The Morgan fingerprint density at radius 3 is 2.88 bits per heavy atom. The van der Waals surface area contributed by atoms with Crippen LogP contribution in [0.5, 0.6) is 0 Å². The van der Waals surface area contributed by atoms with Gasteiger partial charge < -0.3 is 15.0 Å². The largest absolute Gasteiger partial charge is 0.370 e. The molecule has 2 fully saturated rings.